The molecule has 3 nitrogen and oxygen atoms in total. The van der Waals surface area contributed by atoms with E-state index in [1.165, 1.54) is 11.3 Å². The number of methoxy groups -OCH3 is 1. The molecule has 0 saturated heterocycles. The van der Waals surface area contributed by atoms with Gasteiger partial charge in [0.1, 0.15) is 21.2 Å². The lowest BCUT2D eigenvalue weighted by Crippen LogP contribution is -2.01. The average Bonchev–Trinajstić information content (AvgIpc) is 2.75. The van der Waals surface area contributed by atoms with Gasteiger partial charge in [-0.2, -0.15) is 0 Å². The van der Waals surface area contributed by atoms with Crippen LogP contribution >= 0.6 is 22.9 Å². The minimum absolute atomic E-state index is 0.574. The predicted molar refractivity (Wildman–Crippen MR) is 68.9 cm³/mol. The molecule has 1 aromatic heterocycles. The van der Waals surface area contributed by atoms with E-state index in [1.807, 2.05) is 25.1 Å². The molecule has 2 rings (SSSR count). The molecular weight excluding hydrogens is 258 g/mol. The summed E-state index contributed by atoms with van der Waals surface area (Å²) in [7, 11) is 1.62. The molecule has 90 valence electrons. The summed E-state index contributed by atoms with van der Waals surface area (Å²) < 4.78 is 5.70. The number of aliphatic hydroxyl groups is 1. The topological polar surface area (TPSA) is 42.4 Å². The maximum atomic E-state index is 10.2. The second kappa shape index (κ2) is 5.04. The third-order valence-electron chi connectivity index (χ3n) is 2.50. The molecular formula is C12H12ClNO2S. The Morgan fingerprint density at radius 3 is 2.76 bits per heavy atom. The van der Waals surface area contributed by atoms with Crippen molar-refractivity contribution >= 4 is 22.9 Å². The highest BCUT2D eigenvalue weighted by Gasteiger charge is 2.16. The number of aromatic nitrogens is 1. The van der Waals surface area contributed by atoms with Gasteiger partial charge in [0.15, 0.2) is 0 Å². The zero-order chi connectivity index (χ0) is 12.4. The van der Waals surface area contributed by atoms with Gasteiger partial charge in [-0.25, -0.2) is 4.98 Å². The monoisotopic (exact) mass is 269 g/mol. The normalized spacial score (nSPS) is 12.5. The summed E-state index contributed by atoms with van der Waals surface area (Å²) in [6, 6.07) is 5.54. The van der Waals surface area contributed by atoms with E-state index < -0.39 is 6.10 Å². The third-order valence-corrected chi connectivity index (χ3v) is 3.67. The Kier molecular flexibility index (Phi) is 3.66. The highest BCUT2D eigenvalue weighted by Crippen LogP contribution is 2.31. The van der Waals surface area contributed by atoms with Crippen LogP contribution in [0, 0.1) is 6.92 Å². The smallest absolute Gasteiger partial charge is 0.131 e. The van der Waals surface area contributed by atoms with Crippen molar-refractivity contribution in [2.75, 3.05) is 7.11 Å². The van der Waals surface area contributed by atoms with Gasteiger partial charge in [-0.15, -0.1) is 11.3 Å². The Hall–Kier alpha value is -1.10. The molecule has 1 atom stereocenters. The summed E-state index contributed by atoms with van der Waals surface area (Å²) >= 11 is 7.09. The molecule has 0 radical (unpaired) electrons. The largest absolute Gasteiger partial charge is 0.497 e. The van der Waals surface area contributed by atoms with Crippen molar-refractivity contribution in [2.24, 2.45) is 0 Å². The van der Waals surface area contributed by atoms with Crippen LogP contribution in [0.4, 0.5) is 0 Å². The fourth-order valence-corrected chi connectivity index (χ4v) is 2.54. The lowest BCUT2D eigenvalue weighted by Gasteiger charge is -2.12. The van der Waals surface area contributed by atoms with Gasteiger partial charge in [-0.05, 0) is 30.2 Å². The minimum Gasteiger partial charge on any atom is -0.497 e. The van der Waals surface area contributed by atoms with Gasteiger partial charge in [0, 0.05) is 0 Å². The summed E-state index contributed by atoms with van der Waals surface area (Å²) in [5.74, 6) is 0.774. The molecule has 0 amide bonds. The maximum absolute atomic E-state index is 10.2. The van der Waals surface area contributed by atoms with Crippen LogP contribution in [-0.4, -0.2) is 17.2 Å². The molecule has 1 N–H and O–H groups in total. The van der Waals surface area contributed by atoms with Gasteiger partial charge in [0.25, 0.3) is 0 Å². The van der Waals surface area contributed by atoms with Crippen LogP contribution in [-0.2, 0) is 0 Å². The van der Waals surface area contributed by atoms with E-state index in [2.05, 4.69) is 4.98 Å². The van der Waals surface area contributed by atoms with Crippen LogP contribution in [0.25, 0.3) is 0 Å². The van der Waals surface area contributed by atoms with E-state index in [-0.39, 0.29) is 0 Å². The highest BCUT2D eigenvalue weighted by atomic mass is 35.5. The van der Waals surface area contributed by atoms with Gasteiger partial charge in [-0.1, -0.05) is 17.7 Å². The van der Waals surface area contributed by atoms with Crippen LogP contribution in [0.15, 0.2) is 24.4 Å². The Morgan fingerprint density at radius 1 is 1.47 bits per heavy atom. The van der Waals surface area contributed by atoms with Crippen molar-refractivity contribution in [3.05, 3.63) is 44.9 Å². The molecule has 0 fully saturated rings. The lowest BCUT2D eigenvalue weighted by atomic mass is 10.0. The number of benzene rings is 1. The van der Waals surface area contributed by atoms with Crippen molar-refractivity contribution in [1.29, 1.82) is 0 Å². The van der Waals surface area contributed by atoms with E-state index in [4.69, 9.17) is 16.3 Å². The molecule has 0 aliphatic carbocycles. The van der Waals surface area contributed by atoms with Crippen LogP contribution in [0.1, 0.15) is 22.2 Å². The standard InChI is InChI=1S/C12H12ClNO2S/c1-7-5-8(16-2)3-4-9(7)11(15)12-14-6-10(13)17-12/h3-6,11,15H,1-2H3. The molecule has 2 aromatic rings. The second-order valence-corrected chi connectivity index (χ2v) is 5.32. The summed E-state index contributed by atoms with van der Waals surface area (Å²) in [5.41, 5.74) is 1.78. The van der Waals surface area contributed by atoms with E-state index in [0.717, 1.165) is 16.9 Å². The summed E-state index contributed by atoms with van der Waals surface area (Å²) in [5, 5.41) is 10.8. The van der Waals surface area contributed by atoms with Gasteiger partial charge >= 0.3 is 0 Å². The van der Waals surface area contributed by atoms with Crippen LogP contribution in [0.5, 0.6) is 5.75 Å². The highest BCUT2D eigenvalue weighted by molar-refractivity contribution is 7.15. The number of halogens is 1. The summed E-state index contributed by atoms with van der Waals surface area (Å²) in [6.07, 6.45) is 0.808. The fraction of sp³-hybridized carbons (Fsp3) is 0.250. The van der Waals surface area contributed by atoms with E-state index in [9.17, 15) is 5.11 Å². The number of rotatable bonds is 3. The molecule has 17 heavy (non-hydrogen) atoms. The van der Waals surface area contributed by atoms with E-state index >= 15 is 0 Å². The zero-order valence-electron chi connectivity index (χ0n) is 9.48. The molecule has 0 bridgehead atoms. The van der Waals surface area contributed by atoms with Crippen molar-refractivity contribution in [2.45, 2.75) is 13.0 Å². The third kappa shape index (κ3) is 2.60. The molecule has 0 spiro atoms. The van der Waals surface area contributed by atoms with Gasteiger partial charge in [-0.3, -0.25) is 0 Å². The summed E-state index contributed by atoms with van der Waals surface area (Å²) in [6.45, 7) is 1.93. The lowest BCUT2D eigenvalue weighted by molar-refractivity contribution is 0.219. The second-order valence-electron chi connectivity index (χ2n) is 3.63. The van der Waals surface area contributed by atoms with Gasteiger partial charge in [0.05, 0.1) is 13.3 Å². The number of ether oxygens (including phenoxy) is 1. The first-order chi connectivity index (χ1) is 8.11. The van der Waals surface area contributed by atoms with Gasteiger partial charge in [0.2, 0.25) is 0 Å². The van der Waals surface area contributed by atoms with E-state index in [1.54, 1.807) is 13.3 Å². The molecule has 5 heteroatoms. The first-order valence-corrected chi connectivity index (χ1v) is 6.25. The maximum Gasteiger partial charge on any atom is 0.131 e. The number of hydrogen-bond donors (Lipinski definition) is 1. The molecule has 1 aromatic carbocycles. The number of aryl methyl sites for hydroxylation is 1. The Bertz CT molecular complexity index is 527. The molecule has 0 aliphatic rings. The minimum atomic E-state index is -0.738. The Balaban J connectivity index is 2.34. The van der Waals surface area contributed by atoms with Crippen LogP contribution < -0.4 is 4.74 Å². The zero-order valence-corrected chi connectivity index (χ0v) is 11.0. The quantitative estimate of drug-likeness (QED) is 0.930. The van der Waals surface area contributed by atoms with Crippen molar-refractivity contribution in [3.8, 4) is 5.75 Å². The van der Waals surface area contributed by atoms with Crippen molar-refractivity contribution in [1.82, 2.24) is 4.98 Å². The number of thiazole rings is 1. The predicted octanol–water partition coefficient (Wildman–Crippen LogP) is 3.20. The fourth-order valence-electron chi connectivity index (χ4n) is 1.61. The molecule has 1 heterocycles. The van der Waals surface area contributed by atoms with Gasteiger partial charge < -0.3 is 9.84 Å². The van der Waals surface area contributed by atoms with Crippen molar-refractivity contribution < 1.29 is 9.84 Å². The molecule has 0 saturated carbocycles. The molecule has 0 aliphatic heterocycles. The summed E-state index contributed by atoms with van der Waals surface area (Å²) in [4.78, 5) is 4.08. The first kappa shape index (κ1) is 12.4. The Labute approximate surface area is 109 Å². The number of nitrogens with zero attached hydrogens (tertiary/aromatic N) is 1. The van der Waals surface area contributed by atoms with Crippen LogP contribution in [0.2, 0.25) is 4.34 Å². The first-order valence-electron chi connectivity index (χ1n) is 5.05. The van der Waals surface area contributed by atoms with Crippen LogP contribution in [0.3, 0.4) is 0 Å². The van der Waals surface area contributed by atoms with Crippen molar-refractivity contribution in [3.63, 3.8) is 0 Å². The average molecular weight is 270 g/mol. The number of hydrogen-bond acceptors (Lipinski definition) is 4. The molecule has 1 unspecified atom stereocenters. The number of aliphatic hydroxyl groups excluding tert-OH is 1. The Morgan fingerprint density at radius 2 is 2.24 bits per heavy atom. The SMILES string of the molecule is COc1ccc(C(O)c2ncc(Cl)s2)c(C)c1. The van der Waals surface area contributed by atoms with E-state index in [0.29, 0.717) is 9.34 Å².